The number of rotatable bonds is 12. The summed E-state index contributed by atoms with van der Waals surface area (Å²) in [6, 6.07) is -5.90. The monoisotopic (exact) mass is 423 g/mol. The fraction of sp³-hybridized carbons (Fsp3) is 0.643. The maximum absolute atomic E-state index is 12.4. The number of primary amides is 1. The standard InChI is InChI=1S/C14H25N5O8S/c1-5(21)10(13(25)18-8(3-20)14(26)27)19-12(24)7(2-9(16)22)17-11(23)6(15)4-28/h5-8,10,20-21,28H,2-4,15H2,1H3,(H2,16,22)(H,17,23)(H,18,25)(H,19,24)(H,26,27). The lowest BCUT2D eigenvalue weighted by atomic mass is 10.1. The van der Waals surface area contributed by atoms with Gasteiger partial charge in [-0.15, -0.1) is 0 Å². The van der Waals surface area contributed by atoms with Crippen molar-refractivity contribution in [3.05, 3.63) is 0 Å². The van der Waals surface area contributed by atoms with Crippen LogP contribution in [0.15, 0.2) is 0 Å². The van der Waals surface area contributed by atoms with E-state index in [1.54, 1.807) is 0 Å². The molecule has 0 saturated heterocycles. The van der Waals surface area contributed by atoms with Crippen LogP contribution in [-0.4, -0.2) is 87.5 Å². The van der Waals surface area contributed by atoms with E-state index in [1.165, 1.54) is 0 Å². The molecule has 0 bridgehead atoms. The van der Waals surface area contributed by atoms with Crippen LogP contribution < -0.4 is 27.4 Å². The van der Waals surface area contributed by atoms with Gasteiger partial charge in [0.05, 0.1) is 25.2 Å². The molecule has 0 rings (SSSR count). The minimum absolute atomic E-state index is 0.0484. The first-order chi connectivity index (χ1) is 12.9. The fourth-order valence-corrected chi connectivity index (χ4v) is 2.04. The van der Waals surface area contributed by atoms with E-state index in [-0.39, 0.29) is 5.75 Å². The Labute approximate surface area is 165 Å². The largest absolute Gasteiger partial charge is 0.480 e. The highest BCUT2D eigenvalue weighted by molar-refractivity contribution is 7.80. The summed E-state index contributed by atoms with van der Waals surface area (Å²) in [4.78, 5) is 58.4. The maximum Gasteiger partial charge on any atom is 0.328 e. The molecule has 0 aromatic heterocycles. The van der Waals surface area contributed by atoms with E-state index in [4.69, 9.17) is 21.7 Å². The molecule has 4 amide bonds. The first-order valence-electron chi connectivity index (χ1n) is 8.02. The van der Waals surface area contributed by atoms with Crippen LogP contribution in [0.2, 0.25) is 0 Å². The van der Waals surface area contributed by atoms with Crippen LogP contribution >= 0.6 is 12.6 Å². The average Bonchev–Trinajstić information content (AvgIpc) is 2.61. The fourth-order valence-electron chi connectivity index (χ4n) is 1.88. The number of carboxylic acids is 1. The number of aliphatic carboxylic acids is 1. The summed E-state index contributed by atoms with van der Waals surface area (Å²) >= 11 is 3.83. The second-order valence-electron chi connectivity index (χ2n) is 5.83. The van der Waals surface area contributed by atoms with Crippen LogP contribution in [0.3, 0.4) is 0 Å². The molecule has 0 aliphatic rings. The van der Waals surface area contributed by atoms with Crippen molar-refractivity contribution in [2.75, 3.05) is 12.4 Å². The Kier molecular flexibility index (Phi) is 11.1. The molecular formula is C14H25N5O8S. The zero-order valence-electron chi connectivity index (χ0n) is 15.0. The molecule has 13 nitrogen and oxygen atoms in total. The topological polar surface area (TPSA) is 234 Å². The van der Waals surface area contributed by atoms with E-state index in [2.05, 4.69) is 23.3 Å². The second kappa shape index (κ2) is 12.1. The third-order valence-electron chi connectivity index (χ3n) is 3.43. The normalized spacial score (nSPS) is 16.0. The molecule has 14 heteroatoms. The van der Waals surface area contributed by atoms with Gasteiger partial charge < -0.3 is 42.7 Å². The van der Waals surface area contributed by atoms with Crippen molar-refractivity contribution in [2.45, 2.75) is 43.6 Å². The Morgan fingerprint density at radius 2 is 1.54 bits per heavy atom. The van der Waals surface area contributed by atoms with Gasteiger partial charge in [-0.1, -0.05) is 0 Å². The third kappa shape index (κ3) is 8.51. The number of aliphatic hydroxyl groups excluding tert-OH is 2. The molecule has 0 fully saturated rings. The van der Waals surface area contributed by atoms with Crippen LogP contribution in [-0.2, 0) is 24.0 Å². The van der Waals surface area contributed by atoms with E-state index in [0.717, 1.165) is 6.92 Å². The number of nitrogens with one attached hydrogen (secondary N) is 3. The number of carbonyl (C=O) groups is 5. The van der Waals surface area contributed by atoms with E-state index >= 15 is 0 Å². The van der Waals surface area contributed by atoms with Crippen LogP contribution in [0.1, 0.15) is 13.3 Å². The van der Waals surface area contributed by atoms with Crippen LogP contribution in [0.25, 0.3) is 0 Å². The highest BCUT2D eigenvalue weighted by Crippen LogP contribution is 2.00. The Balaban J connectivity index is 5.32. The van der Waals surface area contributed by atoms with Crippen molar-refractivity contribution < 1.29 is 39.3 Å². The quantitative estimate of drug-likeness (QED) is 0.136. The van der Waals surface area contributed by atoms with Crippen molar-refractivity contribution in [3.8, 4) is 0 Å². The summed E-state index contributed by atoms with van der Waals surface area (Å²) in [6.45, 7) is 0.210. The Morgan fingerprint density at radius 3 is 1.93 bits per heavy atom. The molecule has 0 aliphatic heterocycles. The Bertz CT molecular complexity index is 602. The first-order valence-corrected chi connectivity index (χ1v) is 8.65. The van der Waals surface area contributed by atoms with Crippen LogP contribution in [0.5, 0.6) is 0 Å². The van der Waals surface area contributed by atoms with Crippen LogP contribution in [0.4, 0.5) is 0 Å². The molecule has 5 atom stereocenters. The van der Waals surface area contributed by atoms with Gasteiger partial charge in [0, 0.05) is 5.75 Å². The van der Waals surface area contributed by atoms with Gasteiger partial charge in [-0.25, -0.2) is 4.79 Å². The number of aliphatic hydroxyl groups is 2. The lowest BCUT2D eigenvalue weighted by molar-refractivity contribution is -0.144. The zero-order valence-corrected chi connectivity index (χ0v) is 15.9. The predicted molar refractivity (Wildman–Crippen MR) is 97.8 cm³/mol. The van der Waals surface area contributed by atoms with Crippen molar-refractivity contribution >= 4 is 42.2 Å². The third-order valence-corrected chi connectivity index (χ3v) is 3.82. The number of carbonyl (C=O) groups excluding carboxylic acids is 4. The Morgan fingerprint density at radius 1 is 1.00 bits per heavy atom. The lowest BCUT2D eigenvalue weighted by Crippen LogP contribution is -2.60. The van der Waals surface area contributed by atoms with Gasteiger partial charge in [0.25, 0.3) is 0 Å². The van der Waals surface area contributed by atoms with Gasteiger partial charge in [-0.05, 0) is 6.92 Å². The molecule has 0 spiro atoms. The molecule has 0 saturated carbocycles. The molecular weight excluding hydrogens is 398 g/mol. The lowest BCUT2D eigenvalue weighted by Gasteiger charge is -2.25. The maximum atomic E-state index is 12.4. The summed E-state index contributed by atoms with van der Waals surface area (Å²) in [5.74, 6) is -5.49. The Hall–Kier alpha value is -2.42. The summed E-state index contributed by atoms with van der Waals surface area (Å²) < 4.78 is 0. The summed E-state index contributed by atoms with van der Waals surface area (Å²) in [7, 11) is 0. The number of amides is 4. The highest BCUT2D eigenvalue weighted by Gasteiger charge is 2.33. The van der Waals surface area contributed by atoms with Crippen molar-refractivity contribution in [2.24, 2.45) is 11.5 Å². The van der Waals surface area contributed by atoms with E-state index in [1.807, 2.05) is 5.32 Å². The van der Waals surface area contributed by atoms with E-state index in [9.17, 15) is 29.1 Å². The minimum atomic E-state index is -1.67. The van der Waals surface area contributed by atoms with Crippen LogP contribution in [0, 0.1) is 0 Å². The predicted octanol–water partition coefficient (Wildman–Crippen LogP) is -4.97. The van der Waals surface area contributed by atoms with Crippen molar-refractivity contribution in [1.82, 2.24) is 16.0 Å². The SMILES string of the molecule is CC(O)C(NC(=O)C(CC(N)=O)NC(=O)C(N)CS)C(=O)NC(CO)C(=O)O. The number of hydrogen-bond acceptors (Lipinski definition) is 9. The van der Waals surface area contributed by atoms with E-state index in [0.29, 0.717) is 0 Å². The van der Waals surface area contributed by atoms with Gasteiger partial charge in [-0.3, -0.25) is 19.2 Å². The molecule has 0 aromatic rings. The molecule has 28 heavy (non-hydrogen) atoms. The second-order valence-corrected chi connectivity index (χ2v) is 6.19. The number of nitrogens with two attached hydrogens (primary N) is 2. The molecule has 0 aliphatic carbocycles. The number of carboxylic acid groups (broad SMARTS) is 1. The van der Waals surface area contributed by atoms with Crippen molar-refractivity contribution in [1.29, 1.82) is 0 Å². The van der Waals surface area contributed by atoms with Gasteiger partial charge in [0.1, 0.15) is 18.1 Å². The highest BCUT2D eigenvalue weighted by atomic mass is 32.1. The average molecular weight is 423 g/mol. The summed E-state index contributed by atoms with van der Waals surface area (Å²) in [5, 5.41) is 33.7. The smallest absolute Gasteiger partial charge is 0.328 e. The summed E-state index contributed by atoms with van der Waals surface area (Å²) in [6.07, 6.45) is -2.11. The van der Waals surface area contributed by atoms with Gasteiger partial charge in [0.2, 0.25) is 23.6 Å². The summed E-state index contributed by atoms with van der Waals surface area (Å²) in [5.41, 5.74) is 10.5. The van der Waals surface area contributed by atoms with Crippen molar-refractivity contribution in [3.63, 3.8) is 0 Å². The zero-order chi connectivity index (χ0) is 22.0. The van der Waals surface area contributed by atoms with Gasteiger partial charge >= 0.3 is 5.97 Å². The molecule has 0 radical (unpaired) electrons. The van der Waals surface area contributed by atoms with Gasteiger partial charge in [-0.2, -0.15) is 12.6 Å². The van der Waals surface area contributed by atoms with Gasteiger partial charge in [0.15, 0.2) is 0 Å². The number of thiol groups is 1. The molecule has 160 valence electrons. The van der Waals surface area contributed by atoms with E-state index < -0.39 is 72.9 Å². The molecule has 0 heterocycles. The number of hydrogen-bond donors (Lipinski definition) is 9. The molecule has 10 N–H and O–H groups in total. The molecule has 5 unspecified atom stereocenters. The molecule has 0 aromatic carbocycles. The first kappa shape index (κ1) is 25.6. The minimum Gasteiger partial charge on any atom is -0.480 e.